The zero-order valence-corrected chi connectivity index (χ0v) is 5.00. The standard InChI is InChI=1S/C6H8O3/c7-6-2-1-4(9-6)5-3-8-5/h4-5H,1-3H2/t4-,5-/m0/s1. The molecular weight excluding hydrogens is 120 g/mol. The number of hydrogen-bond donors (Lipinski definition) is 0. The van der Waals surface area contributed by atoms with E-state index in [0.717, 1.165) is 13.0 Å². The number of carbonyl (C=O) groups is 1. The number of epoxide rings is 1. The third kappa shape index (κ3) is 0.920. The SMILES string of the molecule is O=C1CC[C@@H]([C@@H]2CO2)O1. The second-order valence-corrected chi connectivity index (χ2v) is 2.44. The Hall–Kier alpha value is -0.570. The summed E-state index contributed by atoms with van der Waals surface area (Å²) in [5.41, 5.74) is 0. The van der Waals surface area contributed by atoms with Crippen molar-refractivity contribution in [3.63, 3.8) is 0 Å². The Morgan fingerprint density at radius 2 is 2.22 bits per heavy atom. The fourth-order valence-corrected chi connectivity index (χ4v) is 1.08. The fraction of sp³-hybridized carbons (Fsp3) is 0.833. The molecule has 2 heterocycles. The van der Waals surface area contributed by atoms with Gasteiger partial charge in [-0.15, -0.1) is 0 Å². The summed E-state index contributed by atoms with van der Waals surface area (Å²) < 4.78 is 9.88. The van der Waals surface area contributed by atoms with Crippen LogP contribution in [0.25, 0.3) is 0 Å². The van der Waals surface area contributed by atoms with Gasteiger partial charge in [0.15, 0.2) is 0 Å². The van der Waals surface area contributed by atoms with Crippen LogP contribution >= 0.6 is 0 Å². The van der Waals surface area contributed by atoms with E-state index in [-0.39, 0.29) is 18.2 Å². The second kappa shape index (κ2) is 1.70. The number of carbonyl (C=O) groups excluding carboxylic acids is 1. The minimum absolute atomic E-state index is 0.0736. The molecule has 2 aliphatic heterocycles. The topological polar surface area (TPSA) is 38.8 Å². The number of ether oxygens (including phenoxy) is 2. The molecule has 3 nitrogen and oxygen atoms in total. The summed E-state index contributed by atoms with van der Waals surface area (Å²) in [5.74, 6) is -0.0736. The van der Waals surface area contributed by atoms with Gasteiger partial charge in [0, 0.05) is 6.42 Å². The van der Waals surface area contributed by atoms with Crippen LogP contribution in [-0.2, 0) is 14.3 Å². The summed E-state index contributed by atoms with van der Waals surface area (Å²) in [6.45, 7) is 0.776. The van der Waals surface area contributed by atoms with E-state index in [1.807, 2.05) is 0 Å². The van der Waals surface area contributed by atoms with Crippen LogP contribution in [0.5, 0.6) is 0 Å². The Morgan fingerprint density at radius 1 is 1.44 bits per heavy atom. The molecule has 0 saturated carbocycles. The van der Waals surface area contributed by atoms with Crippen LogP contribution in [0.3, 0.4) is 0 Å². The minimum atomic E-state index is -0.0736. The molecule has 2 atom stereocenters. The van der Waals surface area contributed by atoms with Gasteiger partial charge in [0.25, 0.3) is 0 Å². The van der Waals surface area contributed by atoms with E-state index in [2.05, 4.69) is 0 Å². The first-order chi connectivity index (χ1) is 4.36. The highest BCUT2D eigenvalue weighted by Crippen LogP contribution is 2.25. The molecule has 50 valence electrons. The Labute approximate surface area is 52.9 Å². The monoisotopic (exact) mass is 128 g/mol. The molecule has 2 rings (SSSR count). The maximum atomic E-state index is 10.5. The number of hydrogen-bond acceptors (Lipinski definition) is 3. The summed E-state index contributed by atoms with van der Waals surface area (Å²) in [6, 6.07) is 0. The van der Waals surface area contributed by atoms with Crippen molar-refractivity contribution in [2.75, 3.05) is 6.61 Å². The second-order valence-electron chi connectivity index (χ2n) is 2.44. The first kappa shape index (κ1) is 5.23. The molecule has 0 amide bonds. The summed E-state index contributed by atoms with van der Waals surface area (Å²) in [4.78, 5) is 10.5. The van der Waals surface area contributed by atoms with Gasteiger partial charge in [-0.2, -0.15) is 0 Å². The average Bonchev–Trinajstić information content (AvgIpc) is 2.58. The quantitative estimate of drug-likeness (QED) is 0.371. The Kier molecular flexibility index (Phi) is 0.990. The van der Waals surface area contributed by atoms with Crippen molar-refractivity contribution in [1.29, 1.82) is 0 Å². The van der Waals surface area contributed by atoms with Crippen LogP contribution < -0.4 is 0 Å². The van der Waals surface area contributed by atoms with Gasteiger partial charge in [0.2, 0.25) is 0 Å². The zero-order valence-electron chi connectivity index (χ0n) is 5.00. The Bertz CT molecular complexity index is 139. The Balaban J connectivity index is 1.92. The molecule has 2 aliphatic rings. The van der Waals surface area contributed by atoms with E-state index >= 15 is 0 Å². The molecule has 0 spiro atoms. The van der Waals surface area contributed by atoms with Crippen LogP contribution in [0.4, 0.5) is 0 Å². The molecule has 0 unspecified atom stereocenters. The molecular formula is C6H8O3. The van der Waals surface area contributed by atoms with Crippen molar-refractivity contribution in [2.45, 2.75) is 25.0 Å². The normalized spacial score (nSPS) is 40.7. The third-order valence-corrected chi connectivity index (χ3v) is 1.69. The first-order valence-electron chi connectivity index (χ1n) is 3.17. The Morgan fingerprint density at radius 3 is 2.67 bits per heavy atom. The van der Waals surface area contributed by atoms with E-state index in [1.54, 1.807) is 0 Å². The average molecular weight is 128 g/mol. The maximum Gasteiger partial charge on any atom is 0.306 e. The number of esters is 1. The maximum absolute atomic E-state index is 10.5. The van der Waals surface area contributed by atoms with Crippen molar-refractivity contribution in [3.05, 3.63) is 0 Å². The molecule has 2 fully saturated rings. The molecule has 0 aromatic heterocycles. The lowest BCUT2D eigenvalue weighted by molar-refractivity contribution is -0.142. The predicted molar refractivity (Wildman–Crippen MR) is 28.9 cm³/mol. The molecule has 0 radical (unpaired) electrons. The van der Waals surface area contributed by atoms with Crippen LogP contribution in [0.1, 0.15) is 12.8 Å². The predicted octanol–water partition coefficient (Wildman–Crippen LogP) is 0.0908. The van der Waals surface area contributed by atoms with Crippen LogP contribution in [0.2, 0.25) is 0 Å². The summed E-state index contributed by atoms with van der Waals surface area (Å²) in [7, 11) is 0. The van der Waals surface area contributed by atoms with Crippen LogP contribution in [0, 0.1) is 0 Å². The first-order valence-corrected chi connectivity index (χ1v) is 3.17. The van der Waals surface area contributed by atoms with Gasteiger partial charge in [0.05, 0.1) is 6.61 Å². The van der Waals surface area contributed by atoms with E-state index in [0.29, 0.717) is 6.42 Å². The molecule has 2 saturated heterocycles. The van der Waals surface area contributed by atoms with Crippen LogP contribution in [0.15, 0.2) is 0 Å². The van der Waals surface area contributed by atoms with Crippen molar-refractivity contribution >= 4 is 5.97 Å². The molecule has 3 heteroatoms. The molecule has 0 aliphatic carbocycles. The highest BCUT2D eigenvalue weighted by molar-refractivity contribution is 5.71. The van der Waals surface area contributed by atoms with Gasteiger partial charge in [0.1, 0.15) is 12.2 Å². The molecule has 9 heavy (non-hydrogen) atoms. The van der Waals surface area contributed by atoms with Crippen molar-refractivity contribution in [2.24, 2.45) is 0 Å². The summed E-state index contributed by atoms with van der Waals surface area (Å²) >= 11 is 0. The zero-order chi connectivity index (χ0) is 6.27. The van der Waals surface area contributed by atoms with E-state index in [4.69, 9.17) is 9.47 Å². The highest BCUT2D eigenvalue weighted by atomic mass is 16.6. The van der Waals surface area contributed by atoms with E-state index in [1.165, 1.54) is 0 Å². The van der Waals surface area contributed by atoms with Crippen molar-refractivity contribution < 1.29 is 14.3 Å². The third-order valence-electron chi connectivity index (χ3n) is 1.69. The lowest BCUT2D eigenvalue weighted by Crippen LogP contribution is -2.13. The molecule has 0 N–H and O–H groups in total. The van der Waals surface area contributed by atoms with Gasteiger partial charge in [-0.1, -0.05) is 0 Å². The summed E-state index contributed by atoms with van der Waals surface area (Å²) in [5, 5.41) is 0. The fourth-order valence-electron chi connectivity index (χ4n) is 1.08. The number of cyclic esters (lactones) is 1. The minimum Gasteiger partial charge on any atom is -0.459 e. The van der Waals surface area contributed by atoms with Gasteiger partial charge in [-0.05, 0) is 6.42 Å². The lowest BCUT2D eigenvalue weighted by atomic mass is 10.2. The molecule has 0 aromatic carbocycles. The van der Waals surface area contributed by atoms with Gasteiger partial charge < -0.3 is 9.47 Å². The van der Waals surface area contributed by atoms with E-state index < -0.39 is 0 Å². The summed E-state index contributed by atoms with van der Waals surface area (Å²) in [6.07, 6.45) is 1.74. The highest BCUT2D eigenvalue weighted by Gasteiger charge is 2.39. The van der Waals surface area contributed by atoms with E-state index in [9.17, 15) is 4.79 Å². The van der Waals surface area contributed by atoms with Gasteiger partial charge in [-0.3, -0.25) is 4.79 Å². The van der Waals surface area contributed by atoms with Crippen molar-refractivity contribution in [1.82, 2.24) is 0 Å². The lowest BCUT2D eigenvalue weighted by Gasteiger charge is -2.01. The smallest absolute Gasteiger partial charge is 0.306 e. The molecule has 0 bridgehead atoms. The van der Waals surface area contributed by atoms with Crippen molar-refractivity contribution in [3.8, 4) is 0 Å². The largest absolute Gasteiger partial charge is 0.459 e. The number of rotatable bonds is 1. The molecule has 0 aromatic rings. The van der Waals surface area contributed by atoms with Gasteiger partial charge >= 0.3 is 5.97 Å². The van der Waals surface area contributed by atoms with Gasteiger partial charge in [-0.25, -0.2) is 0 Å². The van der Waals surface area contributed by atoms with Crippen LogP contribution in [-0.4, -0.2) is 24.8 Å².